The van der Waals surface area contributed by atoms with Crippen molar-refractivity contribution < 1.29 is 19.7 Å². The van der Waals surface area contributed by atoms with Crippen LogP contribution in [0.3, 0.4) is 0 Å². The highest BCUT2D eigenvalue weighted by atomic mass is 16.5. The first-order chi connectivity index (χ1) is 10.00. The molecule has 0 aromatic rings. The van der Waals surface area contributed by atoms with Crippen molar-refractivity contribution in [2.75, 3.05) is 26.8 Å². The zero-order valence-electron chi connectivity index (χ0n) is 13.5. The topological polar surface area (TPSA) is 70.0 Å². The SMILES string of the molecule is CCCCOCC(O)CN(C)C1(CC(=O)O)CCCCC1. The molecule has 1 unspecified atom stereocenters. The lowest BCUT2D eigenvalue weighted by molar-refractivity contribution is -0.141. The Morgan fingerprint density at radius 2 is 2.00 bits per heavy atom. The van der Waals surface area contributed by atoms with Crippen molar-refractivity contribution in [2.24, 2.45) is 0 Å². The monoisotopic (exact) mass is 301 g/mol. The molecule has 0 aliphatic heterocycles. The third-order valence-electron chi connectivity index (χ3n) is 4.51. The smallest absolute Gasteiger partial charge is 0.305 e. The lowest BCUT2D eigenvalue weighted by atomic mass is 9.78. The van der Waals surface area contributed by atoms with Crippen LogP contribution in [0.2, 0.25) is 0 Å². The molecule has 2 N–H and O–H groups in total. The molecule has 0 amide bonds. The van der Waals surface area contributed by atoms with Gasteiger partial charge < -0.3 is 14.9 Å². The number of carboxylic acid groups (broad SMARTS) is 1. The maximum Gasteiger partial charge on any atom is 0.305 e. The van der Waals surface area contributed by atoms with Gasteiger partial charge in [-0.15, -0.1) is 0 Å². The van der Waals surface area contributed by atoms with E-state index in [4.69, 9.17) is 4.74 Å². The molecule has 1 aliphatic carbocycles. The zero-order valence-corrected chi connectivity index (χ0v) is 13.5. The van der Waals surface area contributed by atoms with Crippen molar-refractivity contribution in [3.05, 3.63) is 0 Å². The number of hydrogen-bond acceptors (Lipinski definition) is 4. The summed E-state index contributed by atoms with van der Waals surface area (Å²) >= 11 is 0. The van der Waals surface area contributed by atoms with E-state index in [9.17, 15) is 15.0 Å². The van der Waals surface area contributed by atoms with Crippen LogP contribution in [0.4, 0.5) is 0 Å². The van der Waals surface area contributed by atoms with Gasteiger partial charge in [-0.1, -0.05) is 32.6 Å². The highest BCUT2D eigenvalue weighted by Crippen LogP contribution is 2.35. The number of hydrogen-bond donors (Lipinski definition) is 2. The molecule has 1 atom stereocenters. The molecule has 1 fully saturated rings. The Morgan fingerprint density at radius 1 is 1.33 bits per heavy atom. The second kappa shape index (κ2) is 9.38. The molecule has 1 saturated carbocycles. The summed E-state index contributed by atoms with van der Waals surface area (Å²) < 4.78 is 5.45. The van der Waals surface area contributed by atoms with Gasteiger partial charge in [0.25, 0.3) is 0 Å². The Bertz CT molecular complexity index is 303. The van der Waals surface area contributed by atoms with Crippen LogP contribution in [0.1, 0.15) is 58.3 Å². The van der Waals surface area contributed by atoms with Crippen LogP contribution in [-0.4, -0.2) is 59.5 Å². The minimum absolute atomic E-state index is 0.160. The van der Waals surface area contributed by atoms with E-state index >= 15 is 0 Å². The van der Waals surface area contributed by atoms with Gasteiger partial charge >= 0.3 is 5.97 Å². The molecule has 0 bridgehead atoms. The molecule has 124 valence electrons. The zero-order chi connectivity index (χ0) is 15.7. The standard InChI is InChI=1S/C16H31NO4/c1-3-4-10-21-13-14(18)12-17(2)16(11-15(19)20)8-6-5-7-9-16/h14,18H,3-13H2,1-2H3,(H,19,20). The van der Waals surface area contributed by atoms with Crippen LogP contribution in [0.5, 0.6) is 0 Å². The molecular formula is C16H31NO4. The summed E-state index contributed by atoms with van der Waals surface area (Å²) in [5.41, 5.74) is -0.297. The summed E-state index contributed by atoms with van der Waals surface area (Å²) in [6, 6.07) is 0. The van der Waals surface area contributed by atoms with Crippen molar-refractivity contribution in [2.45, 2.75) is 69.9 Å². The Hall–Kier alpha value is -0.650. The van der Waals surface area contributed by atoms with Crippen LogP contribution < -0.4 is 0 Å². The third-order valence-corrected chi connectivity index (χ3v) is 4.51. The van der Waals surface area contributed by atoms with Crippen molar-refractivity contribution in [1.29, 1.82) is 0 Å². The number of likely N-dealkylation sites (N-methyl/N-ethyl adjacent to an activating group) is 1. The van der Waals surface area contributed by atoms with Crippen LogP contribution in [-0.2, 0) is 9.53 Å². The number of β-amino-alcohol motifs (C(OH)–C–C–N with tert-alkyl or cyclic N) is 1. The van der Waals surface area contributed by atoms with E-state index in [-0.39, 0.29) is 12.0 Å². The summed E-state index contributed by atoms with van der Waals surface area (Å²) in [7, 11) is 1.93. The summed E-state index contributed by atoms with van der Waals surface area (Å²) in [5, 5.41) is 19.3. The third kappa shape index (κ3) is 6.32. The number of carboxylic acids is 1. The van der Waals surface area contributed by atoms with Crippen molar-refractivity contribution in [3.63, 3.8) is 0 Å². The van der Waals surface area contributed by atoms with Gasteiger partial charge in [0.15, 0.2) is 0 Å². The number of rotatable bonds is 10. The first kappa shape index (κ1) is 18.4. The normalized spacial score (nSPS) is 19.6. The summed E-state index contributed by atoms with van der Waals surface area (Å²) in [4.78, 5) is 13.2. The summed E-state index contributed by atoms with van der Waals surface area (Å²) in [6.07, 6.45) is 6.81. The van der Waals surface area contributed by atoms with Crippen molar-refractivity contribution >= 4 is 5.97 Å². The first-order valence-corrected chi connectivity index (χ1v) is 8.19. The van der Waals surface area contributed by atoms with Crippen LogP contribution in [0, 0.1) is 0 Å². The van der Waals surface area contributed by atoms with Gasteiger partial charge in [0, 0.05) is 18.7 Å². The molecule has 0 aromatic heterocycles. The predicted molar refractivity (Wildman–Crippen MR) is 82.4 cm³/mol. The average molecular weight is 301 g/mol. The van der Waals surface area contributed by atoms with E-state index in [1.807, 2.05) is 11.9 Å². The Kier molecular flexibility index (Phi) is 8.22. The first-order valence-electron chi connectivity index (χ1n) is 8.19. The average Bonchev–Trinajstić information content (AvgIpc) is 2.44. The number of carbonyl (C=O) groups is 1. The van der Waals surface area contributed by atoms with E-state index in [0.29, 0.717) is 19.8 Å². The molecule has 5 nitrogen and oxygen atoms in total. The van der Waals surface area contributed by atoms with Gasteiger partial charge in [0.2, 0.25) is 0 Å². The number of aliphatic hydroxyl groups excluding tert-OH is 1. The van der Waals surface area contributed by atoms with Gasteiger partial charge in [0.1, 0.15) is 0 Å². The number of ether oxygens (including phenoxy) is 1. The fraction of sp³-hybridized carbons (Fsp3) is 0.938. The fourth-order valence-corrected chi connectivity index (χ4v) is 3.21. The Morgan fingerprint density at radius 3 is 2.57 bits per heavy atom. The number of aliphatic hydroxyl groups is 1. The van der Waals surface area contributed by atoms with E-state index in [1.165, 1.54) is 6.42 Å². The maximum absolute atomic E-state index is 11.2. The van der Waals surface area contributed by atoms with Crippen LogP contribution >= 0.6 is 0 Å². The van der Waals surface area contributed by atoms with Gasteiger partial charge in [0.05, 0.1) is 19.1 Å². The second-order valence-electron chi connectivity index (χ2n) is 6.32. The van der Waals surface area contributed by atoms with Gasteiger partial charge in [-0.2, -0.15) is 0 Å². The van der Waals surface area contributed by atoms with Gasteiger partial charge in [-0.3, -0.25) is 9.69 Å². The molecule has 0 saturated heterocycles. The predicted octanol–water partition coefficient (Wildman–Crippen LogP) is 2.27. The summed E-state index contributed by atoms with van der Waals surface area (Å²) in [5.74, 6) is -0.752. The Labute approximate surface area is 128 Å². The molecular weight excluding hydrogens is 270 g/mol. The minimum atomic E-state index is -0.752. The molecule has 21 heavy (non-hydrogen) atoms. The van der Waals surface area contributed by atoms with E-state index in [2.05, 4.69) is 6.92 Å². The maximum atomic E-state index is 11.2. The highest BCUT2D eigenvalue weighted by molar-refractivity contribution is 5.68. The van der Waals surface area contributed by atoms with E-state index < -0.39 is 12.1 Å². The summed E-state index contributed by atoms with van der Waals surface area (Å²) in [6.45, 7) is 3.58. The molecule has 1 aliphatic rings. The van der Waals surface area contributed by atoms with E-state index in [1.54, 1.807) is 0 Å². The van der Waals surface area contributed by atoms with Gasteiger partial charge in [-0.05, 0) is 26.3 Å². The van der Waals surface area contributed by atoms with E-state index in [0.717, 1.165) is 38.5 Å². The lowest BCUT2D eigenvalue weighted by Crippen LogP contribution is -2.52. The largest absolute Gasteiger partial charge is 0.481 e. The van der Waals surface area contributed by atoms with Crippen molar-refractivity contribution in [3.8, 4) is 0 Å². The fourth-order valence-electron chi connectivity index (χ4n) is 3.21. The second-order valence-corrected chi connectivity index (χ2v) is 6.32. The minimum Gasteiger partial charge on any atom is -0.481 e. The highest BCUT2D eigenvalue weighted by Gasteiger charge is 2.38. The number of aliphatic carboxylic acids is 1. The Balaban J connectivity index is 2.47. The van der Waals surface area contributed by atoms with Crippen LogP contribution in [0.15, 0.2) is 0 Å². The lowest BCUT2D eigenvalue weighted by Gasteiger charge is -2.44. The van der Waals surface area contributed by atoms with Gasteiger partial charge in [-0.25, -0.2) is 0 Å². The number of unbranched alkanes of at least 4 members (excludes halogenated alkanes) is 1. The molecule has 0 heterocycles. The molecule has 0 aromatic carbocycles. The van der Waals surface area contributed by atoms with Crippen LogP contribution in [0.25, 0.3) is 0 Å². The molecule has 1 rings (SSSR count). The quantitative estimate of drug-likeness (QED) is 0.606. The number of nitrogens with zero attached hydrogens (tertiary/aromatic N) is 1. The van der Waals surface area contributed by atoms with Crippen molar-refractivity contribution in [1.82, 2.24) is 4.90 Å². The molecule has 0 spiro atoms. The molecule has 5 heteroatoms. The molecule has 0 radical (unpaired) electrons.